The molecule has 0 radical (unpaired) electrons. The largest absolute Gasteiger partial charge is 0.504 e. The standard InChI is InChI=1S/C17H18N2O3/c1-3-22-16-9-6-13(10-15(16)20)11-18-19-17(21)14-7-4-12(2)5-8-14/h4-11,20H,3H2,1-2H3,(H,19,21)/b18-11+. The van der Waals surface area contributed by atoms with E-state index in [1.807, 2.05) is 26.0 Å². The zero-order valence-corrected chi connectivity index (χ0v) is 12.5. The number of nitrogens with zero attached hydrogens (tertiary/aromatic N) is 1. The maximum atomic E-state index is 11.9. The molecule has 5 heteroatoms. The molecule has 0 saturated carbocycles. The molecular formula is C17H18N2O3. The van der Waals surface area contributed by atoms with E-state index in [9.17, 15) is 9.90 Å². The molecule has 0 fully saturated rings. The van der Waals surface area contributed by atoms with E-state index in [2.05, 4.69) is 10.5 Å². The maximum Gasteiger partial charge on any atom is 0.271 e. The fourth-order valence-electron chi connectivity index (χ4n) is 1.83. The van der Waals surface area contributed by atoms with E-state index >= 15 is 0 Å². The summed E-state index contributed by atoms with van der Waals surface area (Å²) in [4.78, 5) is 11.9. The molecule has 0 aliphatic rings. The van der Waals surface area contributed by atoms with Crippen molar-refractivity contribution in [1.82, 2.24) is 5.43 Å². The summed E-state index contributed by atoms with van der Waals surface area (Å²) in [6, 6.07) is 12.1. The first-order chi connectivity index (χ1) is 10.6. The van der Waals surface area contributed by atoms with Crippen LogP contribution in [0.15, 0.2) is 47.6 Å². The van der Waals surface area contributed by atoms with Crippen molar-refractivity contribution in [2.45, 2.75) is 13.8 Å². The molecule has 0 atom stereocenters. The van der Waals surface area contributed by atoms with Crippen molar-refractivity contribution in [3.63, 3.8) is 0 Å². The topological polar surface area (TPSA) is 70.9 Å². The molecule has 2 aromatic carbocycles. The number of phenols is 1. The number of hydrazone groups is 1. The Morgan fingerprint density at radius 2 is 2.00 bits per heavy atom. The molecule has 0 bridgehead atoms. The zero-order chi connectivity index (χ0) is 15.9. The van der Waals surface area contributed by atoms with Gasteiger partial charge in [-0.25, -0.2) is 5.43 Å². The first kappa shape index (κ1) is 15.6. The number of carbonyl (C=O) groups is 1. The number of rotatable bonds is 5. The Morgan fingerprint density at radius 1 is 1.27 bits per heavy atom. The third-order valence-electron chi connectivity index (χ3n) is 2.98. The SMILES string of the molecule is CCOc1ccc(/C=N/NC(=O)c2ccc(C)cc2)cc1O. The fraction of sp³-hybridized carbons (Fsp3) is 0.176. The molecule has 0 saturated heterocycles. The van der Waals surface area contributed by atoms with Crippen molar-refractivity contribution < 1.29 is 14.6 Å². The molecule has 22 heavy (non-hydrogen) atoms. The lowest BCUT2D eigenvalue weighted by Crippen LogP contribution is -2.17. The van der Waals surface area contributed by atoms with Gasteiger partial charge in [0.2, 0.25) is 0 Å². The number of phenolic OH excluding ortho intramolecular Hbond substituents is 1. The van der Waals surface area contributed by atoms with Gasteiger partial charge in [0, 0.05) is 5.56 Å². The predicted molar refractivity (Wildman–Crippen MR) is 85.5 cm³/mol. The van der Waals surface area contributed by atoms with E-state index in [1.165, 1.54) is 12.3 Å². The quantitative estimate of drug-likeness (QED) is 0.658. The minimum absolute atomic E-state index is 0.0376. The van der Waals surface area contributed by atoms with E-state index in [0.29, 0.717) is 23.5 Å². The molecule has 0 aliphatic carbocycles. The lowest BCUT2D eigenvalue weighted by atomic mass is 10.1. The number of aromatic hydroxyl groups is 1. The van der Waals surface area contributed by atoms with E-state index in [1.54, 1.807) is 24.3 Å². The molecule has 0 unspecified atom stereocenters. The van der Waals surface area contributed by atoms with Gasteiger partial charge in [-0.15, -0.1) is 0 Å². The van der Waals surface area contributed by atoms with Crippen LogP contribution in [0.3, 0.4) is 0 Å². The maximum absolute atomic E-state index is 11.9. The van der Waals surface area contributed by atoms with Crippen molar-refractivity contribution in [3.05, 3.63) is 59.2 Å². The zero-order valence-electron chi connectivity index (χ0n) is 12.5. The van der Waals surface area contributed by atoms with Gasteiger partial charge in [-0.05, 0) is 49.7 Å². The molecule has 1 amide bonds. The van der Waals surface area contributed by atoms with Crippen LogP contribution in [0.1, 0.15) is 28.4 Å². The van der Waals surface area contributed by atoms with Crippen molar-refractivity contribution in [3.8, 4) is 11.5 Å². The predicted octanol–water partition coefficient (Wildman–Crippen LogP) is 2.86. The average molecular weight is 298 g/mol. The molecule has 2 N–H and O–H groups in total. The first-order valence-corrected chi connectivity index (χ1v) is 6.96. The van der Waals surface area contributed by atoms with Gasteiger partial charge in [0.15, 0.2) is 11.5 Å². The number of benzene rings is 2. The molecule has 0 spiro atoms. The van der Waals surface area contributed by atoms with Crippen LogP contribution in [0.25, 0.3) is 0 Å². The summed E-state index contributed by atoms with van der Waals surface area (Å²) in [6.07, 6.45) is 1.46. The lowest BCUT2D eigenvalue weighted by molar-refractivity contribution is 0.0955. The minimum Gasteiger partial charge on any atom is -0.504 e. The molecular weight excluding hydrogens is 280 g/mol. The highest BCUT2D eigenvalue weighted by molar-refractivity contribution is 5.94. The van der Waals surface area contributed by atoms with Crippen LogP contribution in [0, 0.1) is 6.92 Å². The Hall–Kier alpha value is -2.82. The summed E-state index contributed by atoms with van der Waals surface area (Å²) in [6.45, 7) is 4.28. The summed E-state index contributed by atoms with van der Waals surface area (Å²) >= 11 is 0. The van der Waals surface area contributed by atoms with Gasteiger partial charge in [0.25, 0.3) is 5.91 Å². The van der Waals surface area contributed by atoms with Crippen LogP contribution in [0.2, 0.25) is 0 Å². The molecule has 2 aromatic rings. The minimum atomic E-state index is -0.286. The monoisotopic (exact) mass is 298 g/mol. The normalized spacial score (nSPS) is 10.6. The average Bonchev–Trinajstić information content (AvgIpc) is 2.50. The van der Waals surface area contributed by atoms with E-state index in [0.717, 1.165) is 5.56 Å². The summed E-state index contributed by atoms with van der Waals surface area (Å²) in [5.74, 6) is 0.172. The van der Waals surface area contributed by atoms with Crippen molar-refractivity contribution in [2.75, 3.05) is 6.61 Å². The fourth-order valence-corrected chi connectivity index (χ4v) is 1.83. The van der Waals surface area contributed by atoms with Crippen molar-refractivity contribution in [2.24, 2.45) is 5.10 Å². The van der Waals surface area contributed by atoms with Crippen molar-refractivity contribution >= 4 is 12.1 Å². The van der Waals surface area contributed by atoms with Gasteiger partial charge in [-0.3, -0.25) is 4.79 Å². The Labute approximate surface area is 129 Å². The smallest absolute Gasteiger partial charge is 0.271 e. The molecule has 0 aromatic heterocycles. The number of amides is 1. The Morgan fingerprint density at radius 3 is 2.64 bits per heavy atom. The van der Waals surface area contributed by atoms with Gasteiger partial charge in [-0.2, -0.15) is 5.10 Å². The van der Waals surface area contributed by atoms with E-state index in [-0.39, 0.29) is 11.7 Å². The lowest BCUT2D eigenvalue weighted by Gasteiger charge is -2.05. The van der Waals surface area contributed by atoms with Gasteiger partial charge in [0.1, 0.15) is 0 Å². The number of ether oxygens (including phenoxy) is 1. The van der Waals surface area contributed by atoms with Crippen LogP contribution in [-0.4, -0.2) is 23.8 Å². The second-order valence-electron chi connectivity index (χ2n) is 4.73. The van der Waals surface area contributed by atoms with E-state index in [4.69, 9.17) is 4.74 Å². The van der Waals surface area contributed by atoms with Crippen LogP contribution in [0.4, 0.5) is 0 Å². The van der Waals surface area contributed by atoms with Gasteiger partial charge in [0.05, 0.1) is 12.8 Å². The van der Waals surface area contributed by atoms with Gasteiger partial charge >= 0.3 is 0 Å². The summed E-state index contributed by atoms with van der Waals surface area (Å²) < 4.78 is 5.24. The number of nitrogens with one attached hydrogen (secondary N) is 1. The Balaban J connectivity index is 1.98. The van der Waals surface area contributed by atoms with Crippen LogP contribution >= 0.6 is 0 Å². The number of hydrogen-bond donors (Lipinski definition) is 2. The summed E-state index contributed by atoms with van der Waals surface area (Å²) in [7, 11) is 0. The van der Waals surface area contributed by atoms with Crippen LogP contribution in [0.5, 0.6) is 11.5 Å². The number of carbonyl (C=O) groups excluding carboxylic acids is 1. The second kappa shape index (κ2) is 7.26. The second-order valence-corrected chi connectivity index (χ2v) is 4.73. The molecule has 0 aliphatic heterocycles. The Bertz CT molecular complexity index is 679. The highest BCUT2D eigenvalue weighted by Crippen LogP contribution is 2.25. The molecule has 2 rings (SSSR count). The van der Waals surface area contributed by atoms with Gasteiger partial charge < -0.3 is 9.84 Å². The summed E-state index contributed by atoms with van der Waals surface area (Å²) in [5, 5.41) is 13.6. The number of hydrogen-bond acceptors (Lipinski definition) is 4. The third kappa shape index (κ3) is 4.09. The molecule has 5 nitrogen and oxygen atoms in total. The van der Waals surface area contributed by atoms with Crippen LogP contribution < -0.4 is 10.2 Å². The van der Waals surface area contributed by atoms with Crippen molar-refractivity contribution in [1.29, 1.82) is 0 Å². The molecule has 0 heterocycles. The van der Waals surface area contributed by atoms with Crippen LogP contribution in [-0.2, 0) is 0 Å². The highest BCUT2D eigenvalue weighted by atomic mass is 16.5. The molecule has 114 valence electrons. The summed E-state index contributed by atoms with van der Waals surface area (Å²) in [5.41, 5.74) is 4.73. The highest BCUT2D eigenvalue weighted by Gasteiger charge is 2.04. The van der Waals surface area contributed by atoms with E-state index < -0.39 is 0 Å². The number of aryl methyl sites for hydroxylation is 1. The third-order valence-corrected chi connectivity index (χ3v) is 2.98. The Kier molecular flexibility index (Phi) is 5.14. The van der Waals surface area contributed by atoms with Gasteiger partial charge in [-0.1, -0.05) is 17.7 Å². The first-order valence-electron chi connectivity index (χ1n) is 6.96.